The first-order valence-electron chi connectivity index (χ1n) is 14.4. The summed E-state index contributed by atoms with van der Waals surface area (Å²) in [5.41, 5.74) is 4.95. The molecule has 0 bridgehead atoms. The van der Waals surface area contributed by atoms with Gasteiger partial charge < -0.3 is 19.7 Å². The van der Waals surface area contributed by atoms with E-state index in [1.54, 1.807) is 32.8 Å². The number of rotatable bonds is 7. The van der Waals surface area contributed by atoms with Crippen molar-refractivity contribution in [3.63, 3.8) is 0 Å². The van der Waals surface area contributed by atoms with Gasteiger partial charge in [0.1, 0.15) is 17.8 Å². The van der Waals surface area contributed by atoms with Gasteiger partial charge in [0.25, 0.3) is 0 Å². The molecule has 2 fully saturated rings. The Bertz CT molecular complexity index is 1730. The molecule has 1 aliphatic carbocycles. The highest BCUT2D eigenvalue weighted by Crippen LogP contribution is 2.41. The number of benzene rings is 2. The lowest BCUT2D eigenvalue weighted by atomic mass is 10.0. The summed E-state index contributed by atoms with van der Waals surface area (Å²) in [6.45, 7) is 4.43. The quantitative estimate of drug-likeness (QED) is 0.254. The first kappa shape index (κ1) is 26.7. The average Bonchev–Trinajstić information content (AvgIpc) is 3.75. The molecule has 1 aliphatic heterocycles. The van der Waals surface area contributed by atoms with E-state index in [9.17, 15) is 0 Å². The molecule has 0 spiro atoms. The third-order valence-corrected chi connectivity index (χ3v) is 8.90. The number of nitrogens with zero attached hydrogens (tertiary/aromatic N) is 7. The number of ether oxygens (including phenoxy) is 2. The van der Waals surface area contributed by atoms with Crippen LogP contribution >= 0.6 is 11.6 Å². The van der Waals surface area contributed by atoms with Crippen molar-refractivity contribution in [2.45, 2.75) is 31.7 Å². The number of fused-ring (bicyclic) bond motifs is 3. The zero-order chi connectivity index (χ0) is 28.6. The molecule has 2 aromatic carbocycles. The Kier molecular flexibility index (Phi) is 7.17. The summed E-state index contributed by atoms with van der Waals surface area (Å²) in [6, 6.07) is 14.9. The van der Waals surface area contributed by atoms with E-state index < -0.39 is 0 Å². The molecule has 10 nitrogen and oxygen atoms in total. The summed E-state index contributed by atoms with van der Waals surface area (Å²) in [6.07, 6.45) is 8.94. The fourth-order valence-electron chi connectivity index (χ4n) is 6.26. The molecular formula is C31H33ClN8O2. The number of hydrogen-bond acceptors (Lipinski definition) is 9. The minimum absolute atomic E-state index is 0.459. The molecule has 0 atom stereocenters. The fourth-order valence-corrected chi connectivity index (χ4v) is 6.55. The molecule has 2 aliphatic rings. The minimum atomic E-state index is 0.459. The van der Waals surface area contributed by atoms with Crippen molar-refractivity contribution in [1.29, 1.82) is 0 Å². The zero-order valence-electron chi connectivity index (χ0n) is 23.8. The third kappa shape index (κ3) is 4.94. The second-order valence-corrected chi connectivity index (χ2v) is 11.3. The standard InChI is InChI=1S/C31H33ClN8O2/c1-41-24-16-25(28(32)27(17-24)42-2)26-15-20-18-33-31(36-29(20)40-19-34-37-30(26)40)35-21-7-9-23(10-8-21)39-13-11-38(12-14-39)22-5-3-4-6-22/h7-10,15-19,22H,3-6,11-14H2,1-2H3,(H,33,35,36). The van der Waals surface area contributed by atoms with Crippen LogP contribution in [0, 0.1) is 0 Å². The Balaban J connectivity index is 1.12. The molecule has 7 rings (SSSR count). The van der Waals surface area contributed by atoms with E-state index in [0.717, 1.165) is 54.4 Å². The van der Waals surface area contributed by atoms with Crippen LogP contribution in [0.1, 0.15) is 25.7 Å². The van der Waals surface area contributed by atoms with Crippen molar-refractivity contribution in [3.8, 4) is 22.6 Å². The van der Waals surface area contributed by atoms with Crippen LogP contribution in [0.15, 0.2) is 55.0 Å². The summed E-state index contributed by atoms with van der Waals surface area (Å²) in [4.78, 5) is 14.6. The van der Waals surface area contributed by atoms with Gasteiger partial charge >= 0.3 is 0 Å². The molecule has 1 saturated carbocycles. The number of aromatic nitrogens is 5. The van der Waals surface area contributed by atoms with Gasteiger partial charge in [-0.05, 0) is 49.2 Å². The average molecular weight is 585 g/mol. The van der Waals surface area contributed by atoms with Gasteiger partial charge in [-0.1, -0.05) is 24.4 Å². The number of methoxy groups -OCH3 is 2. The summed E-state index contributed by atoms with van der Waals surface area (Å²) in [5.74, 6) is 1.62. The number of pyridine rings is 1. The highest BCUT2D eigenvalue weighted by molar-refractivity contribution is 6.35. The molecule has 1 saturated heterocycles. The first-order valence-corrected chi connectivity index (χ1v) is 14.8. The summed E-state index contributed by atoms with van der Waals surface area (Å²) in [7, 11) is 3.18. The maximum absolute atomic E-state index is 6.72. The normalized spacial score (nSPS) is 16.4. The number of piperazine rings is 1. The van der Waals surface area contributed by atoms with Crippen molar-refractivity contribution >= 4 is 45.6 Å². The number of halogens is 1. The van der Waals surface area contributed by atoms with Gasteiger partial charge in [-0.25, -0.2) is 4.98 Å². The van der Waals surface area contributed by atoms with Gasteiger partial charge in [-0.15, -0.1) is 10.2 Å². The zero-order valence-corrected chi connectivity index (χ0v) is 24.5. The summed E-state index contributed by atoms with van der Waals surface area (Å²) >= 11 is 6.72. The molecular weight excluding hydrogens is 552 g/mol. The third-order valence-electron chi connectivity index (χ3n) is 8.52. The topological polar surface area (TPSA) is 92.9 Å². The lowest BCUT2D eigenvalue weighted by molar-refractivity contribution is 0.187. The molecule has 11 heteroatoms. The van der Waals surface area contributed by atoms with Gasteiger partial charge in [0, 0.05) is 72.4 Å². The van der Waals surface area contributed by atoms with Gasteiger partial charge in [-0.2, -0.15) is 4.98 Å². The molecule has 0 amide bonds. The first-order chi connectivity index (χ1) is 20.6. The highest BCUT2D eigenvalue weighted by atomic mass is 35.5. The van der Waals surface area contributed by atoms with E-state index in [1.807, 2.05) is 16.5 Å². The largest absolute Gasteiger partial charge is 0.497 e. The van der Waals surface area contributed by atoms with Crippen molar-refractivity contribution in [3.05, 3.63) is 60.0 Å². The van der Waals surface area contributed by atoms with E-state index in [1.165, 1.54) is 31.4 Å². The fraction of sp³-hybridized carbons (Fsp3) is 0.355. The number of hydrogen-bond donors (Lipinski definition) is 1. The van der Waals surface area contributed by atoms with Crippen LogP contribution in [0.2, 0.25) is 5.02 Å². The van der Waals surface area contributed by atoms with E-state index in [-0.39, 0.29) is 0 Å². The van der Waals surface area contributed by atoms with Crippen molar-refractivity contribution in [1.82, 2.24) is 29.5 Å². The second kappa shape index (κ2) is 11.3. The van der Waals surface area contributed by atoms with Gasteiger partial charge in [0.05, 0.1) is 19.2 Å². The predicted molar refractivity (Wildman–Crippen MR) is 165 cm³/mol. The molecule has 3 aromatic heterocycles. The summed E-state index contributed by atoms with van der Waals surface area (Å²) < 4.78 is 12.8. The second-order valence-electron chi connectivity index (χ2n) is 10.9. The number of anilines is 3. The number of nitrogens with one attached hydrogen (secondary N) is 1. The van der Waals surface area contributed by atoms with Crippen LogP contribution in [0.4, 0.5) is 17.3 Å². The van der Waals surface area contributed by atoms with Gasteiger partial charge in [0.15, 0.2) is 11.3 Å². The van der Waals surface area contributed by atoms with E-state index in [0.29, 0.717) is 33.8 Å². The SMILES string of the molecule is COc1cc(OC)c(Cl)c(-c2cc3cnc(Nc4ccc(N5CCN(C6CCCC6)CC5)cc4)nc3n3cnnc23)c1. The van der Waals surface area contributed by atoms with Gasteiger partial charge in [0.2, 0.25) is 5.95 Å². The van der Waals surface area contributed by atoms with Crippen LogP contribution in [0.3, 0.4) is 0 Å². The molecule has 4 heterocycles. The molecule has 216 valence electrons. The van der Waals surface area contributed by atoms with E-state index in [4.69, 9.17) is 26.1 Å². The van der Waals surface area contributed by atoms with E-state index >= 15 is 0 Å². The van der Waals surface area contributed by atoms with Crippen molar-refractivity contribution in [2.75, 3.05) is 50.6 Å². The van der Waals surface area contributed by atoms with Crippen molar-refractivity contribution < 1.29 is 9.47 Å². The van der Waals surface area contributed by atoms with Crippen LogP contribution in [-0.2, 0) is 0 Å². The summed E-state index contributed by atoms with van der Waals surface area (Å²) in [5, 5.41) is 13.2. The molecule has 1 N–H and O–H groups in total. The highest BCUT2D eigenvalue weighted by Gasteiger charge is 2.26. The Morgan fingerprint density at radius 1 is 0.905 bits per heavy atom. The molecule has 42 heavy (non-hydrogen) atoms. The predicted octanol–water partition coefficient (Wildman–Crippen LogP) is 5.82. The smallest absolute Gasteiger partial charge is 0.229 e. The van der Waals surface area contributed by atoms with Crippen molar-refractivity contribution in [2.24, 2.45) is 0 Å². The van der Waals surface area contributed by atoms with Crippen LogP contribution in [0.5, 0.6) is 11.5 Å². The lowest BCUT2D eigenvalue weighted by Crippen LogP contribution is -2.49. The Hall–Kier alpha value is -4.15. The Morgan fingerprint density at radius 2 is 1.69 bits per heavy atom. The molecule has 5 aromatic rings. The monoisotopic (exact) mass is 584 g/mol. The van der Waals surface area contributed by atoms with Crippen LogP contribution in [-0.4, -0.2) is 75.9 Å². The van der Waals surface area contributed by atoms with Gasteiger partial charge in [-0.3, -0.25) is 9.30 Å². The molecule has 0 radical (unpaired) electrons. The maximum Gasteiger partial charge on any atom is 0.229 e. The molecule has 0 unspecified atom stereocenters. The van der Waals surface area contributed by atoms with E-state index in [2.05, 4.69) is 54.6 Å². The minimum Gasteiger partial charge on any atom is -0.497 e. The van der Waals surface area contributed by atoms with Crippen LogP contribution in [0.25, 0.3) is 27.8 Å². The van der Waals surface area contributed by atoms with Crippen LogP contribution < -0.4 is 19.7 Å². The Morgan fingerprint density at radius 3 is 2.43 bits per heavy atom. The maximum atomic E-state index is 6.72. The Labute approximate surface area is 249 Å². The lowest BCUT2D eigenvalue weighted by Gasteiger charge is -2.39.